The van der Waals surface area contributed by atoms with Gasteiger partial charge in [0, 0.05) is 32.7 Å². The number of benzene rings is 7. The van der Waals surface area contributed by atoms with E-state index in [1.807, 2.05) is 36.4 Å². The third-order valence-corrected chi connectivity index (χ3v) is 9.19. The van der Waals surface area contributed by atoms with Gasteiger partial charge in [0.2, 0.25) is 0 Å². The molecule has 3 aromatic heterocycles. The molecule has 0 spiro atoms. The molecule has 7 aromatic carbocycles. The first kappa shape index (κ1) is 25.1. The second-order valence-corrected chi connectivity index (χ2v) is 11.8. The fourth-order valence-corrected chi connectivity index (χ4v) is 7.09. The summed E-state index contributed by atoms with van der Waals surface area (Å²) in [6.45, 7) is 0. The summed E-state index contributed by atoms with van der Waals surface area (Å²) < 4.78 is 8.78. The van der Waals surface area contributed by atoms with Gasteiger partial charge in [-0.05, 0) is 58.6 Å². The van der Waals surface area contributed by atoms with Crippen LogP contribution in [0.25, 0.3) is 93.8 Å². The molecule has 4 heteroatoms. The van der Waals surface area contributed by atoms with Gasteiger partial charge >= 0.3 is 0 Å². The minimum absolute atomic E-state index is 0.675. The Balaban J connectivity index is 1.27. The molecule has 0 unspecified atom stereocenters. The molecule has 0 saturated carbocycles. The van der Waals surface area contributed by atoms with Gasteiger partial charge in [0.25, 0.3) is 0 Å². The first-order valence-corrected chi connectivity index (χ1v) is 15.5. The Bertz CT molecular complexity index is 2810. The van der Waals surface area contributed by atoms with Crippen molar-refractivity contribution in [1.29, 1.82) is 0 Å². The highest BCUT2D eigenvalue weighted by Gasteiger charge is 2.21. The van der Waals surface area contributed by atoms with Crippen molar-refractivity contribution >= 4 is 65.4 Å². The van der Waals surface area contributed by atoms with Gasteiger partial charge in [-0.15, -0.1) is 0 Å². The molecule has 0 radical (unpaired) electrons. The molecule has 46 heavy (non-hydrogen) atoms. The van der Waals surface area contributed by atoms with E-state index in [1.54, 1.807) is 0 Å². The molecule has 0 aliphatic rings. The summed E-state index contributed by atoms with van der Waals surface area (Å²) in [5.74, 6) is 0.675. The predicted octanol–water partition coefficient (Wildman–Crippen LogP) is 11.1. The second-order valence-electron chi connectivity index (χ2n) is 11.8. The lowest BCUT2D eigenvalue weighted by molar-refractivity contribution is 0.667. The van der Waals surface area contributed by atoms with E-state index in [2.05, 4.69) is 120 Å². The van der Waals surface area contributed by atoms with Crippen molar-refractivity contribution in [3.8, 4) is 28.3 Å². The maximum Gasteiger partial charge on any atom is 0.180 e. The van der Waals surface area contributed by atoms with Crippen LogP contribution in [0.4, 0.5) is 0 Å². The topological polar surface area (TPSA) is 43.9 Å². The summed E-state index contributed by atoms with van der Waals surface area (Å²) in [7, 11) is 0. The number of aromatic nitrogens is 3. The third-order valence-electron chi connectivity index (χ3n) is 9.19. The van der Waals surface area contributed by atoms with Crippen LogP contribution in [0.3, 0.4) is 0 Å². The first-order chi connectivity index (χ1) is 22.8. The van der Waals surface area contributed by atoms with Crippen LogP contribution in [0, 0.1) is 0 Å². The monoisotopic (exact) mass is 587 g/mol. The van der Waals surface area contributed by atoms with Crippen molar-refractivity contribution in [2.75, 3.05) is 0 Å². The maximum atomic E-state index is 6.37. The molecule has 0 amide bonds. The van der Waals surface area contributed by atoms with Crippen LogP contribution in [0.1, 0.15) is 0 Å². The zero-order valence-electron chi connectivity index (χ0n) is 24.7. The maximum absolute atomic E-state index is 6.37. The molecule has 0 bridgehead atoms. The van der Waals surface area contributed by atoms with Crippen molar-refractivity contribution < 1.29 is 4.42 Å². The number of furan rings is 1. The summed E-state index contributed by atoms with van der Waals surface area (Å²) in [5.41, 5.74) is 8.59. The quantitative estimate of drug-likeness (QED) is 0.207. The summed E-state index contributed by atoms with van der Waals surface area (Å²) in [6, 6.07) is 53.2. The fourth-order valence-electron chi connectivity index (χ4n) is 7.09. The van der Waals surface area contributed by atoms with E-state index in [0.717, 1.165) is 49.8 Å². The summed E-state index contributed by atoms with van der Waals surface area (Å²) in [6.07, 6.45) is 0. The number of hydrogen-bond acceptors (Lipinski definition) is 3. The van der Waals surface area contributed by atoms with Crippen LogP contribution in [0.5, 0.6) is 0 Å². The lowest BCUT2D eigenvalue weighted by Crippen LogP contribution is -1.98. The third kappa shape index (κ3) is 3.61. The van der Waals surface area contributed by atoms with Crippen molar-refractivity contribution in [3.63, 3.8) is 0 Å². The van der Waals surface area contributed by atoms with Crippen LogP contribution in [0.15, 0.2) is 156 Å². The van der Waals surface area contributed by atoms with E-state index in [1.165, 1.54) is 32.6 Å². The smallest absolute Gasteiger partial charge is 0.180 e. The van der Waals surface area contributed by atoms with E-state index in [-0.39, 0.29) is 0 Å². The van der Waals surface area contributed by atoms with E-state index in [0.29, 0.717) is 11.4 Å². The summed E-state index contributed by atoms with van der Waals surface area (Å²) in [4.78, 5) is 10.4. The molecule has 0 aliphatic carbocycles. The Kier molecular flexibility index (Phi) is 5.25. The number of hydrogen-bond donors (Lipinski definition) is 0. The molecule has 0 aliphatic heterocycles. The van der Waals surface area contributed by atoms with Gasteiger partial charge in [0.15, 0.2) is 11.4 Å². The number of para-hydroxylation sites is 2. The predicted molar refractivity (Wildman–Crippen MR) is 190 cm³/mol. The van der Waals surface area contributed by atoms with Crippen molar-refractivity contribution in [1.82, 2.24) is 14.5 Å². The summed E-state index contributed by atoms with van der Waals surface area (Å²) >= 11 is 0. The Hall–Kier alpha value is -6.26. The molecular formula is C42H25N3O. The standard InChI is InChI=1S/C42H25N3O/c1-2-12-26(13-3-1)39-41-40(33-19-9-11-21-38(33)46-41)44-42(43-39)32-22-23-36(30-17-7-6-16-29(30)32)45-35-20-10-8-18-31(35)34-24-27-14-4-5-15-28(27)25-37(34)45/h1-25H. The largest absolute Gasteiger partial charge is 0.452 e. The minimum Gasteiger partial charge on any atom is -0.452 e. The number of nitrogens with zero attached hydrogens (tertiary/aromatic N) is 3. The number of rotatable bonds is 3. The SMILES string of the molecule is c1ccc(-c2nc(-c3ccc(-n4c5ccccc5c5cc6ccccc6cc54)c4ccccc34)nc3c2oc2ccccc23)cc1. The summed E-state index contributed by atoms with van der Waals surface area (Å²) in [5, 5.41) is 8.17. The second kappa shape index (κ2) is 9.62. The highest BCUT2D eigenvalue weighted by Crippen LogP contribution is 2.40. The number of fused-ring (bicyclic) bond motifs is 8. The Labute approximate surface area is 263 Å². The van der Waals surface area contributed by atoms with Gasteiger partial charge in [-0.2, -0.15) is 0 Å². The van der Waals surface area contributed by atoms with Crippen LogP contribution in [-0.2, 0) is 0 Å². The zero-order chi connectivity index (χ0) is 30.2. The molecule has 0 N–H and O–H groups in total. The van der Waals surface area contributed by atoms with Crippen molar-refractivity contribution in [2.45, 2.75) is 0 Å². The van der Waals surface area contributed by atoms with E-state index < -0.39 is 0 Å². The highest BCUT2D eigenvalue weighted by atomic mass is 16.3. The Morgan fingerprint density at radius 3 is 2.00 bits per heavy atom. The van der Waals surface area contributed by atoms with E-state index >= 15 is 0 Å². The van der Waals surface area contributed by atoms with Gasteiger partial charge in [-0.25, -0.2) is 9.97 Å². The van der Waals surface area contributed by atoms with Crippen LogP contribution >= 0.6 is 0 Å². The lowest BCUT2D eigenvalue weighted by atomic mass is 10.0. The van der Waals surface area contributed by atoms with Crippen LogP contribution < -0.4 is 0 Å². The van der Waals surface area contributed by atoms with Gasteiger partial charge in [0.05, 0.1) is 16.7 Å². The van der Waals surface area contributed by atoms with E-state index in [9.17, 15) is 0 Å². The van der Waals surface area contributed by atoms with Gasteiger partial charge in [0.1, 0.15) is 16.8 Å². The highest BCUT2D eigenvalue weighted by molar-refractivity contribution is 6.15. The van der Waals surface area contributed by atoms with Crippen LogP contribution in [-0.4, -0.2) is 14.5 Å². The molecule has 3 heterocycles. The normalized spacial score (nSPS) is 11.9. The molecule has 10 aromatic rings. The molecule has 0 saturated heterocycles. The Morgan fingerprint density at radius 2 is 1.15 bits per heavy atom. The molecule has 0 fully saturated rings. The zero-order valence-corrected chi connectivity index (χ0v) is 24.7. The Morgan fingerprint density at radius 1 is 0.478 bits per heavy atom. The van der Waals surface area contributed by atoms with Gasteiger partial charge in [-0.3, -0.25) is 0 Å². The average molecular weight is 588 g/mol. The molecular weight excluding hydrogens is 562 g/mol. The van der Waals surface area contributed by atoms with Crippen molar-refractivity contribution in [2.24, 2.45) is 0 Å². The van der Waals surface area contributed by atoms with Gasteiger partial charge < -0.3 is 8.98 Å². The molecule has 4 nitrogen and oxygen atoms in total. The van der Waals surface area contributed by atoms with Crippen LogP contribution in [0.2, 0.25) is 0 Å². The fraction of sp³-hybridized carbons (Fsp3) is 0. The van der Waals surface area contributed by atoms with E-state index in [4.69, 9.17) is 14.4 Å². The lowest BCUT2D eigenvalue weighted by Gasteiger charge is -2.15. The van der Waals surface area contributed by atoms with Crippen molar-refractivity contribution in [3.05, 3.63) is 152 Å². The molecule has 10 rings (SSSR count). The van der Waals surface area contributed by atoms with Gasteiger partial charge in [-0.1, -0.05) is 109 Å². The average Bonchev–Trinajstić information content (AvgIpc) is 3.65. The molecule has 0 atom stereocenters. The minimum atomic E-state index is 0.675. The molecule has 214 valence electrons. The first-order valence-electron chi connectivity index (χ1n) is 15.5.